The lowest BCUT2D eigenvalue weighted by Crippen LogP contribution is -2.46. The summed E-state index contributed by atoms with van der Waals surface area (Å²) in [7, 11) is 1.79. The predicted octanol–water partition coefficient (Wildman–Crippen LogP) is 2.06. The van der Waals surface area contributed by atoms with Gasteiger partial charge in [0.05, 0.1) is 5.69 Å². The first-order valence-corrected chi connectivity index (χ1v) is 7.12. The fourth-order valence-corrected chi connectivity index (χ4v) is 2.12. The highest BCUT2D eigenvalue weighted by atomic mass is 16.4. The molecule has 7 nitrogen and oxygen atoms in total. The summed E-state index contributed by atoms with van der Waals surface area (Å²) >= 11 is 0. The SMILES string of the molecule is Cn1nc(C2CC2)cc1NC(=O)NC(C)(C)CCC(=O)O. The predicted molar refractivity (Wildman–Crippen MR) is 78.3 cm³/mol. The van der Waals surface area contributed by atoms with E-state index in [4.69, 9.17) is 5.11 Å². The Morgan fingerprint density at radius 1 is 1.48 bits per heavy atom. The van der Waals surface area contributed by atoms with Crippen molar-refractivity contribution in [2.75, 3.05) is 5.32 Å². The lowest BCUT2D eigenvalue weighted by Gasteiger charge is -2.25. The van der Waals surface area contributed by atoms with Crippen molar-refractivity contribution in [3.8, 4) is 0 Å². The van der Waals surface area contributed by atoms with Crippen molar-refractivity contribution >= 4 is 17.8 Å². The number of carbonyl (C=O) groups excluding carboxylic acids is 1. The number of nitrogens with one attached hydrogen (secondary N) is 2. The number of aliphatic carboxylic acids is 1. The molecule has 1 fully saturated rings. The van der Waals surface area contributed by atoms with E-state index < -0.39 is 11.5 Å². The highest BCUT2D eigenvalue weighted by molar-refractivity contribution is 5.89. The molecule has 0 atom stereocenters. The van der Waals surface area contributed by atoms with E-state index in [0.717, 1.165) is 18.5 Å². The van der Waals surface area contributed by atoms with E-state index in [1.807, 2.05) is 6.07 Å². The number of aromatic nitrogens is 2. The molecule has 0 unspecified atom stereocenters. The molecule has 0 aliphatic heterocycles. The molecule has 3 N–H and O–H groups in total. The van der Waals surface area contributed by atoms with Crippen molar-refractivity contribution < 1.29 is 14.7 Å². The second-order valence-corrected chi connectivity index (χ2v) is 6.21. The van der Waals surface area contributed by atoms with Gasteiger partial charge in [-0.05, 0) is 33.1 Å². The number of carboxylic acid groups (broad SMARTS) is 1. The number of carbonyl (C=O) groups is 2. The summed E-state index contributed by atoms with van der Waals surface area (Å²) in [5.41, 5.74) is 0.429. The van der Waals surface area contributed by atoms with Gasteiger partial charge in [0.2, 0.25) is 0 Å². The number of carboxylic acids is 1. The van der Waals surface area contributed by atoms with Gasteiger partial charge < -0.3 is 10.4 Å². The fraction of sp³-hybridized carbons (Fsp3) is 0.643. The number of urea groups is 1. The summed E-state index contributed by atoms with van der Waals surface area (Å²) in [5, 5.41) is 18.6. The first-order chi connectivity index (χ1) is 9.77. The number of nitrogens with zero attached hydrogens (tertiary/aromatic N) is 2. The number of aryl methyl sites for hydroxylation is 1. The molecule has 1 aliphatic carbocycles. The topological polar surface area (TPSA) is 96.3 Å². The van der Waals surface area contributed by atoms with E-state index >= 15 is 0 Å². The molecule has 0 saturated heterocycles. The van der Waals surface area contributed by atoms with E-state index in [-0.39, 0.29) is 12.5 Å². The third kappa shape index (κ3) is 4.47. The van der Waals surface area contributed by atoms with Gasteiger partial charge in [-0.1, -0.05) is 0 Å². The zero-order valence-electron chi connectivity index (χ0n) is 12.6. The van der Waals surface area contributed by atoms with Crippen molar-refractivity contribution in [1.29, 1.82) is 0 Å². The van der Waals surface area contributed by atoms with Crippen LogP contribution in [-0.4, -0.2) is 32.4 Å². The maximum absolute atomic E-state index is 12.0. The monoisotopic (exact) mass is 294 g/mol. The lowest BCUT2D eigenvalue weighted by atomic mass is 9.99. The van der Waals surface area contributed by atoms with Crippen LogP contribution in [0.15, 0.2) is 6.07 Å². The summed E-state index contributed by atoms with van der Waals surface area (Å²) in [6.07, 6.45) is 2.70. The number of amides is 2. The van der Waals surface area contributed by atoms with Crippen LogP contribution in [0.5, 0.6) is 0 Å². The zero-order valence-corrected chi connectivity index (χ0v) is 12.6. The third-order valence-electron chi connectivity index (χ3n) is 3.55. The molecule has 0 bridgehead atoms. The van der Waals surface area contributed by atoms with E-state index in [1.165, 1.54) is 0 Å². The van der Waals surface area contributed by atoms with Gasteiger partial charge in [-0.25, -0.2) is 4.79 Å². The maximum atomic E-state index is 12.0. The van der Waals surface area contributed by atoms with Gasteiger partial charge in [0, 0.05) is 31.0 Å². The number of anilines is 1. The maximum Gasteiger partial charge on any atom is 0.320 e. The number of hydrogen-bond acceptors (Lipinski definition) is 3. The Balaban J connectivity index is 1.90. The van der Waals surface area contributed by atoms with Crippen LogP contribution in [0.4, 0.5) is 10.6 Å². The summed E-state index contributed by atoms with van der Waals surface area (Å²) < 4.78 is 1.65. The second-order valence-electron chi connectivity index (χ2n) is 6.21. The van der Waals surface area contributed by atoms with E-state index in [2.05, 4.69) is 15.7 Å². The van der Waals surface area contributed by atoms with E-state index in [1.54, 1.807) is 25.6 Å². The van der Waals surface area contributed by atoms with Crippen LogP contribution in [0.3, 0.4) is 0 Å². The Labute approximate surface area is 123 Å². The molecule has 0 radical (unpaired) electrons. The summed E-state index contributed by atoms with van der Waals surface area (Å²) in [6.45, 7) is 3.60. The van der Waals surface area contributed by atoms with Crippen LogP contribution in [0.1, 0.15) is 51.1 Å². The summed E-state index contributed by atoms with van der Waals surface area (Å²) in [6, 6.07) is 1.54. The van der Waals surface area contributed by atoms with Crippen molar-refractivity contribution in [2.24, 2.45) is 7.05 Å². The van der Waals surface area contributed by atoms with Crippen LogP contribution in [-0.2, 0) is 11.8 Å². The average molecular weight is 294 g/mol. The molecule has 1 saturated carbocycles. The molecule has 21 heavy (non-hydrogen) atoms. The van der Waals surface area contributed by atoms with Crippen LogP contribution in [0.25, 0.3) is 0 Å². The first-order valence-electron chi connectivity index (χ1n) is 7.12. The Morgan fingerprint density at radius 3 is 2.71 bits per heavy atom. The normalized spacial score (nSPS) is 14.8. The van der Waals surface area contributed by atoms with Crippen molar-refractivity contribution in [3.63, 3.8) is 0 Å². The Bertz CT molecular complexity index is 546. The Hall–Kier alpha value is -2.05. The standard InChI is InChI=1S/C14H22N4O3/c1-14(2,7-6-12(19)20)16-13(21)15-11-8-10(9-4-5-9)17-18(11)3/h8-9H,4-7H2,1-3H3,(H,19,20)(H2,15,16,21). The minimum atomic E-state index is -0.869. The first kappa shape index (κ1) is 15.3. The fourth-order valence-electron chi connectivity index (χ4n) is 2.12. The van der Waals surface area contributed by atoms with Crippen LogP contribution in [0, 0.1) is 0 Å². The molecule has 1 aliphatic rings. The molecule has 116 valence electrons. The van der Waals surface area contributed by atoms with Gasteiger partial charge >= 0.3 is 12.0 Å². The van der Waals surface area contributed by atoms with Crippen molar-refractivity contribution in [3.05, 3.63) is 11.8 Å². The minimum Gasteiger partial charge on any atom is -0.481 e. The molecule has 1 heterocycles. The number of rotatable bonds is 6. The molecular formula is C14H22N4O3. The van der Waals surface area contributed by atoms with Gasteiger partial charge in [-0.15, -0.1) is 0 Å². The lowest BCUT2D eigenvalue weighted by molar-refractivity contribution is -0.137. The van der Waals surface area contributed by atoms with Crippen molar-refractivity contribution in [1.82, 2.24) is 15.1 Å². The molecule has 2 amide bonds. The van der Waals surface area contributed by atoms with Gasteiger partial charge in [0.15, 0.2) is 0 Å². The van der Waals surface area contributed by atoms with E-state index in [9.17, 15) is 9.59 Å². The van der Waals surface area contributed by atoms with Gasteiger partial charge in [0.1, 0.15) is 5.82 Å². The minimum absolute atomic E-state index is 0.0187. The summed E-state index contributed by atoms with van der Waals surface area (Å²) in [4.78, 5) is 22.6. The molecule has 2 rings (SSSR count). The van der Waals surface area contributed by atoms with Gasteiger partial charge in [-0.3, -0.25) is 14.8 Å². The highest BCUT2D eigenvalue weighted by Crippen LogP contribution is 2.39. The largest absolute Gasteiger partial charge is 0.481 e. The second kappa shape index (κ2) is 5.75. The van der Waals surface area contributed by atoms with E-state index in [0.29, 0.717) is 18.2 Å². The molecule has 1 aromatic heterocycles. The van der Waals surface area contributed by atoms with Gasteiger partial charge in [-0.2, -0.15) is 5.10 Å². The van der Waals surface area contributed by atoms with Crippen molar-refractivity contribution in [2.45, 2.75) is 51.0 Å². The molecule has 7 heteroatoms. The zero-order chi connectivity index (χ0) is 15.6. The molecule has 0 spiro atoms. The van der Waals surface area contributed by atoms with Crippen LogP contribution in [0.2, 0.25) is 0 Å². The van der Waals surface area contributed by atoms with Crippen LogP contribution >= 0.6 is 0 Å². The Kier molecular flexibility index (Phi) is 4.20. The Morgan fingerprint density at radius 2 is 2.14 bits per heavy atom. The molecular weight excluding hydrogens is 272 g/mol. The smallest absolute Gasteiger partial charge is 0.320 e. The van der Waals surface area contributed by atoms with Gasteiger partial charge in [0.25, 0.3) is 0 Å². The highest BCUT2D eigenvalue weighted by Gasteiger charge is 2.27. The molecule has 0 aromatic carbocycles. The number of hydrogen-bond donors (Lipinski definition) is 3. The van der Waals surface area contributed by atoms with Crippen LogP contribution < -0.4 is 10.6 Å². The third-order valence-corrected chi connectivity index (χ3v) is 3.55. The average Bonchev–Trinajstić information content (AvgIpc) is 3.13. The summed E-state index contributed by atoms with van der Waals surface area (Å²) in [5.74, 6) is 0.302. The molecule has 1 aromatic rings. The quantitative estimate of drug-likeness (QED) is 0.748.